The number of aryl methyl sites for hydroxylation is 1. The summed E-state index contributed by atoms with van der Waals surface area (Å²) >= 11 is 0. The van der Waals surface area contributed by atoms with Gasteiger partial charge in [0, 0.05) is 28.8 Å². The van der Waals surface area contributed by atoms with Gasteiger partial charge in [0.05, 0.1) is 0 Å². The third kappa shape index (κ3) is 2.21. The second-order valence-corrected chi connectivity index (χ2v) is 6.31. The van der Waals surface area contributed by atoms with E-state index >= 15 is 0 Å². The quantitative estimate of drug-likeness (QED) is 0.853. The second-order valence-electron chi connectivity index (χ2n) is 6.31. The van der Waals surface area contributed by atoms with Crippen LogP contribution in [0.15, 0.2) is 6.07 Å². The lowest BCUT2D eigenvalue weighted by atomic mass is 9.68. The van der Waals surface area contributed by atoms with Crippen LogP contribution in [0.2, 0.25) is 0 Å². The maximum Gasteiger partial charge on any atom is 0.136 e. The third-order valence-electron chi connectivity index (χ3n) is 3.80. The average molecular weight is 233 g/mol. The highest BCUT2D eigenvalue weighted by molar-refractivity contribution is 5.23. The van der Waals surface area contributed by atoms with Crippen molar-refractivity contribution in [2.24, 2.45) is 5.73 Å². The monoisotopic (exact) mass is 233 g/mol. The summed E-state index contributed by atoms with van der Waals surface area (Å²) in [5.41, 5.74) is 8.24. The van der Waals surface area contributed by atoms with Gasteiger partial charge in [-0.2, -0.15) is 0 Å². The summed E-state index contributed by atoms with van der Waals surface area (Å²) < 4.78 is 0. The van der Waals surface area contributed by atoms with Crippen molar-refractivity contribution in [1.29, 1.82) is 0 Å². The van der Waals surface area contributed by atoms with Crippen molar-refractivity contribution in [3.63, 3.8) is 0 Å². The van der Waals surface area contributed by atoms with Crippen molar-refractivity contribution in [1.82, 2.24) is 9.97 Å². The van der Waals surface area contributed by atoms with Crippen LogP contribution in [0, 0.1) is 6.92 Å². The number of nitrogens with zero attached hydrogens (tertiary/aromatic N) is 2. The summed E-state index contributed by atoms with van der Waals surface area (Å²) in [6.07, 6.45) is 3.52. The Bertz CT molecular complexity index is 408. The molecule has 0 aromatic carbocycles. The molecule has 3 heteroatoms. The first-order valence-corrected chi connectivity index (χ1v) is 6.44. The van der Waals surface area contributed by atoms with E-state index in [1.807, 2.05) is 6.92 Å². The Kier molecular flexibility index (Phi) is 2.98. The predicted octanol–water partition coefficient (Wildman–Crippen LogP) is 2.46. The van der Waals surface area contributed by atoms with Crippen molar-refractivity contribution >= 4 is 0 Å². The highest BCUT2D eigenvalue weighted by Gasteiger charge is 2.40. The minimum atomic E-state index is 0.0615. The van der Waals surface area contributed by atoms with Crippen molar-refractivity contribution in [2.75, 3.05) is 6.54 Å². The maximum absolute atomic E-state index is 5.93. The van der Waals surface area contributed by atoms with Crippen LogP contribution in [0.5, 0.6) is 0 Å². The molecule has 1 aromatic heterocycles. The van der Waals surface area contributed by atoms with Gasteiger partial charge in [-0.3, -0.25) is 0 Å². The third-order valence-corrected chi connectivity index (χ3v) is 3.80. The molecule has 0 aliphatic heterocycles. The summed E-state index contributed by atoms with van der Waals surface area (Å²) in [6, 6.07) is 2.09. The van der Waals surface area contributed by atoms with Crippen LogP contribution in [0.4, 0.5) is 0 Å². The van der Waals surface area contributed by atoms with Crippen LogP contribution in [0.25, 0.3) is 0 Å². The molecule has 0 unspecified atom stereocenters. The molecule has 2 rings (SSSR count). The Morgan fingerprint density at radius 1 is 1.29 bits per heavy atom. The van der Waals surface area contributed by atoms with Crippen LogP contribution in [0.1, 0.15) is 57.2 Å². The van der Waals surface area contributed by atoms with Crippen molar-refractivity contribution < 1.29 is 0 Å². The summed E-state index contributed by atoms with van der Waals surface area (Å²) in [4.78, 5) is 9.40. The highest BCUT2D eigenvalue weighted by atomic mass is 14.9. The fourth-order valence-electron chi connectivity index (χ4n) is 2.31. The topological polar surface area (TPSA) is 51.8 Å². The van der Waals surface area contributed by atoms with Gasteiger partial charge < -0.3 is 5.73 Å². The normalized spacial score (nSPS) is 18.9. The molecule has 1 aliphatic carbocycles. The minimum absolute atomic E-state index is 0.0615. The Hall–Kier alpha value is -0.960. The molecule has 1 saturated carbocycles. The van der Waals surface area contributed by atoms with Crippen LogP contribution in [0.3, 0.4) is 0 Å². The van der Waals surface area contributed by atoms with Crippen LogP contribution in [-0.2, 0) is 10.8 Å². The van der Waals surface area contributed by atoms with E-state index in [1.54, 1.807) is 0 Å². The lowest BCUT2D eigenvalue weighted by molar-refractivity contribution is 0.236. The molecule has 1 fully saturated rings. The molecular formula is C14H23N3. The van der Waals surface area contributed by atoms with Gasteiger partial charge in [-0.15, -0.1) is 0 Å². The van der Waals surface area contributed by atoms with Gasteiger partial charge in [0.2, 0.25) is 0 Å². The van der Waals surface area contributed by atoms with Gasteiger partial charge in [-0.25, -0.2) is 9.97 Å². The summed E-state index contributed by atoms with van der Waals surface area (Å²) in [6.45, 7) is 9.28. The average Bonchev–Trinajstić information content (AvgIpc) is 2.14. The first-order valence-electron chi connectivity index (χ1n) is 6.44. The summed E-state index contributed by atoms with van der Waals surface area (Å²) in [7, 11) is 0. The molecule has 3 nitrogen and oxygen atoms in total. The standard InChI is InChI=1S/C14H23N3/c1-10-8-11(13(2,3)4)17-12(16-10)14(9-15)6-5-7-14/h8H,5-7,9,15H2,1-4H3. The van der Waals surface area contributed by atoms with Gasteiger partial charge in [0.15, 0.2) is 0 Å². The summed E-state index contributed by atoms with van der Waals surface area (Å²) in [5.74, 6) is 0.969. The van der Waals surface area contributed by atoms with Gasteiger partial charge >= 0.3 is 0 Å². The molecule has 0 saturated heterocycles. The molecule has 17 heavy (non-hydrogen) atoms. The molecule has 1 aromatic rings. The first kappa shape index (κ1) is 12.5. The molecule has 94 valence electrons. The smallest absolute Gasteiger partial charge is 0.136 e. The Labute approximate surface area is 104 Å². The van der Waals surface area contributed by atoms with Gasteiger partial charge in [0.1, 0.15) is 5.82 Å². The van der Waals surface area contributed by atoms with E-state index in [1.165, 1.54) is 6.42 Å². The Morgan fingerprint density at radius 3 is 2.35 bits per heavy atom. The fraction of sp³-hybridized carbons (Fsp3) is 0.714. The molecular weight excluding hydrogens is 210 g/mol. The molecule has 2 N–H and O–H groups in total. The van der Waals surface area contributed by atoms with E-state index in [0.29, 0.717) is 6.54 Å². The van der Waals surface area contributed by atoms with Crippen molar-refractivity contribution in [3.05, 3.63) is 23.3 Å². The largest absolute Gasteiger partial charge is 0.329 e. The van der Waals surface area contributed by atoms with Crippen molar-refractivity contribution in [3.8, 4) is 0 Å². The van der Waals surface area contributed by atoms with E-state index in [4.69, 9.17) is 10.7 Å². The van der Waals surface area contributed by atoms with Crippen LogP contribution in [-0.4, -0.2) is 16.5 Å². The van der Waals surface area contributed by atoms with Crippen molar-refractivity contribution in [2.45, 2.75) is 57.8 Å². The molecule has 0 amide bonds. The second kappa shape index (κ2) is 4.05. The summed E-state index contributed by atoms with van der Waals surface area (Å²) in [5, 5.41) is 0. The zero-order valence-corrected chi connectivity index (χ0v) is 11.4. The maximum atomic E-state index is 5.93. The van der Waals surface area contributed by atoms with Gasteiger partial charge in [0.25, 0.3) is 0 Å². The van der Waals surface area contributed by atoms with Gasteiger partial charge in [-0.05, 0) is 25.8 Å². The number of hydrogen-bond donors (Lipinski definition) is 1. The number of aromatic nitrogens is 2. The van der Waals surface area contributed by atoms with E-state index in [0.717, 1.165) is 30.1 Å². The molecule has 1 aliphatic rings. The Morgan fingerprint density at radius 2 is 1.94 bits per heavy atom. The first-order chi connectivity index (χ1) is 7.87. The zero-order chi connectivity index (χ0) is 12.7. The number of rotatable bonds is 2. The van der Waals surface area contributed by atoms with Crippen LogP contribution >= 0.6 is 0 Å². The minimum Gasteiger partial charge on any atom is -0.329 e. The van der Waals surface area contributed by atoms with Crippen LogP contribution < -0.4 is 5.73 Å². The number of nitrogens with two attached hydrogens (primary N) is 1. The lowest BCUT2D eigenvalue weighted by Gasteiger charge is -2.40. The van der Waals surface area contributed by atoms with E-state index in [-0.39, 0.29) is 10.8 Å². The van der Waals surface area contributed by atoms with Gasteiger partial charge in [-0.1, -0.05) is 27.2 Å². The predicted molar refractivity (Wildman–Crippen MR) is 70.1 cm³/mol. The SMILES string of the molecule is Cc1cc(C(C)(C)C)nc(C2(CN)CCC2)n1. The highest BCUT2D eigenvalue weighted by Crippen LogP contribution is 2.41. The molecule has 1 heterocycles. The molecule has 0 bridgehead atoms. The van der Waals surface area contributed by atoms with E-state index < -0.39 is 0 Å². The van der Waals surface area contributed by atoms with E-state index in [9.17, 15) is 0 Å². The lowest BCUT2D eigenvalue weighted by Crippen LogP contribution is -2.43. The Balaban J connectivity index is 2.45. The molecule has 0 spiro atoms. The molecule has 0 radical (unpaired) electrons. The fourth-order valence-corrected chi connectivity index (χ4v) is 2.31. The molecule has 0 atom stereocenters. The zero-order valence-electron chi connectivity index (χ0n) is 11.4. The van der Waals surface area contributed by atoms with E-state index in [2.05, 4.69) is 31.8 Å². The number of hydrogen-bond acceptors (Lipinski definition) is 3.